The highest BCUT2D eigenvalue weighted by Gasteiger charge is 2.12. The summed E-state index contributed by atoms with van der Waals surface area (Å²) in [6.07, 6.45) is 0. The molecule has 2 heterocycles. The van der Waals surface area contributed by atoms with Crippen molar-refractivity contribution in [1.82, 2.24) is 9.55 Å². The summed E-state index contributed by atoms with van der Waals surface area (Å²) in [5.41, 5.74) is 1.42. The monoisotopic (exact) mass is 260 g/mol. The lowest BCUT2D eigenvalue weighted by atomic mass is 10.3. The third kappa shape index (κ3) is 1.55. The first-order valence-corrected chi connectivity index (χ1v) is 6.37. The number of hydrogen-bond donors (Lipinski definition) is 1. The zero-order valence-corrected chi connectivity index (χ0v) is 10.9. The molecule has 3 rings (SSSR count). The van der Waals surface area contributed by atoms with Crippen LogP contribution in [0.1, 0.15) is 4.88 Å². The predicted molar refractivity (Wildman–Crippen MR) is 73.1 cm³/mol. The van der Waals surface area contributed by atoms with Gasteiger partial charge >= 0.3 is 5.69 Å². The van der Waals surface area contributed by atoms with Gasteiger partial charge < -0.3 is 9.72 Å². The minimum absolute atomic E-state index is 0.142. The minimum Gasteiger partial charge on any atom is -0.494 e. The number of nitrogens with zero attached hydrogens (tertiary/aromatic N) is 1. The molecule has 0 unspecified atom stereocenters. The van der Waals surface area contributed by atoms with Crippen LogP contribution < -0.4 is 10.4 Å². The van der Waals surface area contributed by atoms with E-state index in [1.54, 1.807) is 23.0 Å². The van der Waals surface area contributed by atoms with Gasteiger partial charge in [-0.05, 0) is 31.2 Å². The number of rotatable bonds is 2. The molecule has 0 aliphatic carbocycles. The van der Waals surface area contributed by atoms with E-state index in [1.807, 2.05) is 37.3 Å². The number of nitrogens with one attached hydrogen (secondary N) is 1. The van der Waals surface area contributed by atoms with Gasteiger partial charge in [0.25, 0.3) is 0 Å². The molecule has 0 radical (unpaired) electrons. The van der Waals surface area contributed by atoms with Crippen molar-refractivity contribution in [2.45, 2.75) is 6.92 Å². The van der Waals surface area contributed by atoms with Crippen LogP contribution in [0.15, 0.2) is 35.1 Å². The second-order valence-electron chi connectivity index (χ2n) is 4.00. The Labute approximate surface area is 107 Å². The highest BCUT2D eigenvalue weighted by molar-refractivity contribution is 7.14. The first-order chi connectivity index (χ1) is 8.70. The minimum atomic E-state index is -0.142. The zero-order valence-electron chi connectivity index (χ0n) is 10.1. The molecule has 2 aromatic heterocycles. The number of para-hydroxylation sites is 1. The molecule has 92 valence electrons. The van der Waals surface area contributed by atoms with E-state index < -0.39 is 0 Å². The van der Waals surface area contributed by atoms with Gasteiger partial charge in [-0.3, -0.25) is 4.57 Å². The standard InChI is InChI=1S/C13H12N2O2S/c1-8-6-7-11(18-8)15-9-4-3-5-10(17-2)12(9)14-13(15)16/h3-7H,1-2H3,(H,14,16). The molecular formula is C13H12N2O2S. The molecule has 0 aliphatic rings. The van der Waals surface area contributed by atoms with Crippen molar-refractivity contribution >= 4 is 22.4 Å². The Bertz CT molecular complexity index is 767. The number of H-pyrrole nitrogens is 1. The number of ether oxygens (including phenoxy) is 1. The average Bonchev–Trinajstić information content (AvgIpc) is 2.91. The Balaban J connectivity index is 2.36. The Kier molecular flexibility index (Phi) is 2.48. The van der Waals surface area contributed by atoms with Gasteiger partial charge in [0.2, 0.25) is 0 Å². The molecule has 0 amide bonds. The summed E-state index contributed by atoms with van der Waals surface area (Å²) in [7, 11) is 1.60. The highest BCUT2D eigenvalue weighted by Crippen LogP contribution is 2.26. The maximum Gasteiger partial charge on any atom is 0.331 e. The first-order valence-electron chi connectivity index (χ1n) is 5.55. The summed E-state index contributed by atoms with van der Waals surface area (Å²) in [5, 5.41) is 0.914. The molecule has 0 bridgehead atoms. The van der Waals surface area contributed by atoms with Gasteiger partial charge in [0.05, 0.1) is 12.6 Å². The normalized spacial score (nSPS) is 11.0. The van der Waals surface area contributed by atoms with Crippen molar-refractivity contribution in [2.75, 3.05) is 7.11 Å². The van der Waals surface area contributed by atoms with Crippen LogP contribution >= 0.6 is 11.3 Å². The lowest BCUT2D eigenvalue weighted by Crippen LogP contribution is -2.13. The molecule has 0 fully saturated rings. The largest absolute Gasteiger partial charge is 0.494 e. The molecule has 0 aliphatic heterocycles. The zero-order chi connectivity index (χ0) is 12.7. The third-order valence-corrected chi connectivity index (χ3v) is 3.83. The van der Waals surface area contributed by atoms with Gasteiger partial charge in [0, 0.05) is 4.88 Å². The van der Waals surface area contributed by atoms with Crippen LogP contribution in [0, 0.1) is 6.92 Å². The maximum atomic E-state index is 12.1. The van der Waals surface area contributed by atoms with E-state index in [2.05, 4.69) is 4.98 Å². The maximum absolute atomic E-state index is 12.1. The number of imidazole rings is 1. The summed E-state index contributed by atoms with van der Waals surface area (Å²) >= 11 is 1.59. The molecule has 4 nitrogen and oxygen atoms in total. The number of methoxy groups -OCH3 is 1. The van der Waals surface area contributed by atoms with E-state index in [-0.39, 0.29) is 5.69 Å². The molecule has 0 spiro atoms. The molecule has 1 aromatic carbocycles. The predicted octanol–water partition coefficient (Wildman–Crippen LogP) is 2.70. The SMILES string of the molecule is COc1cccc2c1[nH]c(=O)n2-c1ccc(C)s1. The number of hydrogen-bond acceptors (Lipinski definition) is 3. The first kappa shape index (κ1) is 11.1. The number of thiophene rings is 1. The van der Waals surface area contributed by atoms with Crippen LogP contribution in [0.4, 0.5) is 0 Å². The number of aromatic nitrogens is 2. The van der Waals surface area contributed by atoms with E-state index in [0.717, 1.165) is 16.0 Å². The van der Waals surface area contributed by atoms with Gasteiger partial charge in [-0.1, -0.05) is 6.07 Å². The number of fused-ring (bicyclic) bond motifs is 1. The molecule has 3 aromatic rings. The topological polar surface area (TPSA) is 47.0 Å². The van der Waals surface area contributed by atoms with E-state index >= 15 is 0 Å². The molecule has 5 heteroatoms. The molecule has 18 heavy (non-hydrogen) atoms. The fraction of sp³-hybridized carbons (Fsp3) is 0.154. The fourth-order valence-electron chi connectivity index (χ4n) is 2.03. The summed E-state index contributed by atoms with van der Waals surface area (Å²) in [4.78, 5) is 16.1. The number of aromatic amines is 1. The molecule has 0 saturated heterocycles. The van der Waals surface area contributed by atoms with E-state index in [0.29, 0.717) is 5.75 Å². The fourth-order valence-corrected chi connectivity index (χ4v) is 2.91. The molecule has 0 atom stereocenters. The van der Waals surface area contributed by atoms with Crippen molar-refractivity contribution in [3.05, 3.63) is 45.7 Å². The number of benzene rings is 1. The van der Waals surface area contributed by atoms with Crippen LogP contribution in [-0.2, 0) is 0 Å². The van der Waals surface area contributed by atoms with E-state index in [4.69, 9.17) is 4.74 Å². The summed E-state index contributed by atoms with van der Waals surface area (Å²) in [6, 6.07) is 9.58. The summed E-state index contributed by atoms with van der Waals surface area (Å²) in [5.74, 6) is 0.677. The highest BCUT2D eigenvalue weighted by atomic mass is 32.1. The Morgan fingerprint density at radius 3 is 2.78 bits per heavy atom. The lowest BCUT2D eigenvalue weighted by molar-refractivity contribution is 0.419. The van der Waals surface area contributed by atoms with E-state index in [9.17, 15) is 4.79 Å². The van der Waals surface area contributed by atoms with Gasteiger partial charge in [0.1, 0.15) is 16.3 Å². The Morgan fingerprint density at radius 2 is 2.11 bits per heavy atom. The van der Waals surface area contributed by atoms with Crippen LogP contribution in [0.25, 0.3) is 16.0 Å². The van der Waals surface area contributed by atoms with Crippen LogP contribution in [-0.4, -0.2) is 16.7 Å². The number of aryl methyl sites for hydroxylation is 1. The molecule has 0 saturated carbocycles. The van der Waals surface area contributed by atoms with Crippen molar-refractivity contribution in [2.24, 2.45) is 0 Å². The smallest absolute Gasteiger partial charge is 0.331 e. The Hall–Kier alpha value is -2.01. The molecule has 1 N–H and O–H groups in total. The van der Waals surface area contributed by atoms with Crippen LogP contribution in [0.3, 0.4) is 0 Å². The second kappa shape index (κ2) is 4.03. The van der Waals surface area contributed by atoms with Crippen molar-refractivity contribution in [1.29, 1.82) is 0 Å². The Morgan fingerprint density at radius 1 is 1.28 bits per heavy atom. The third-order valence-electron chi connectivity index (χ3n) is 2.85. The average molecular weight is 260 g/mol. The van der Waals surface area contributed by atoms with Crippen molar-refractivity contribution in [3.63, 3.8) is 0 Å². The second-order valence-corrected chi connectivity index (χ2v) is 5.27. The van der Waals surface area contributed by atoms with Crippen LogP contribution in [0.5, 0.6) is 5.75 Å². The van der Waals surface area contributed by atoms with Crippen LogP contribution in [0.2, 0.25) is 0 Å². The van der Waals surface area contributed by atoms with Gasteiger partial charge in [-0.25, -0.2) is 4.79 Å². The van der Waals surface area contributed by atoms with Crippen molar-refractivity contribution < 1.29 is 4.74 Å². The van der Waals surface area contributed by atoms with Crippen molar-refractivity contribution in [3.8, 4) is 10.8 Å². The van der Waals surface area contributed by atoms with Gasteiger partial charge in [-0.2, -0.15) is 0 Å². The molecular weight excluding hydrogens is 248 g/mol. The van der Waals surface area contributed by atoms with E-state index in [1.165, 1.54) is 4.88 Å². The summed E-state index contributed by atoms with van der Waals surface area (Å²) < 4.78 is 6.93. The van der Waals surface area contributed by atoms with Gasteiger partial charge in [0.15, 0.2) is 0 Å². The lowest BCUT2D eigenvalue weighted by Gasteiger charge is -2.02. The van der Waals surface area contributed by atoms with Gasteiger partial charge in [-0.15, -0.1) is 11.3 Å². The quantitative estimate of drug-likeness (QED) is 0.770. The summed E-state index contributed by atoms with van der Waals surface area (Å²) in [6.45, 7) is 2.02.